The van der Waals surface area contributed by atoms with Crippen LogP contribution in [0, 0.1) is 5.92 Å². The van der Waals surface area contributed by atoms with Gasteiger partial charge in [0.25, 0.3) is 5.91 Å². The number of amides is 1. The first-order valence-electron chi connectivity index (χ1n) is 7.99. The molecule has 0 radical (unpaired) electrons. The minimum Gasteiger partial charge on any atom is -0.369 e. The molecule has 0 fully saturated rings. The molecule has 1 heterocycles. The van der Waals surface area contributed by atoms with Gasteiger partial charge in [-0.3, -0.25) is 4.79 Å². The fourth-order valence-electron chi connectivity index (χ4n) is 2.13. The molecule has 0 saturated heterocycles. The van der Waals surface area contributed by atoms with Gasteiger partial charge in [0.15, 0.2) is 0 Å². The maximum absolute atomic E-state index is 12.6. The van der Waals surface area contributed by atoms with E-state index in [1.165, 1.54) is 0 Å². The van der Waals surface area contributed by atoms with Gasteiger partial charge >= 0.3 is 0 Å². The van der Waals surface area contributed by atoms with E-state index in [1.54, 1.807) is 17.3 Å². The molecule has 0 aliphatic heterocycles. The number of aromatic nitrogens is 2. The van der Waals surface area contributed by atoms with Crippen molar-refractivity contribution in [2.24, 2.45) is 5.92 Å². The summed E-state index contributed by atoms with van der Waals surface area (Å²) in [6.07, 6.45) is 3.16. The Morgan fingerprint density at radius 2 is 1.91 bits per heavy atom. The van der Waals surface area contributed by atoms with Gasteiger partial charge in [0.05, 0.1) is 12.4 Å². The molecule has 1 N–H and O–H groups in total. The van der Waals surface area contributed by atoms with Gasteiger partial charge in [0.1, 0.15) is 11.5 Å². The molecule has 2 rings (SSSR count). The van der Waals surface area contributed by atoms with Gasteiger partial charge < -0.3 is 10.2 Å². The van der Waals surface area contributed by atoms with E-state index in [4.69, 9.17) is 0 Å². The summed E-state index contributed by atoms with van der Waals surface area (Å²) in [5.74, 6) is 1.13. The molecule has 0 saturated carbocycles. The van der Waals surface area contributed by atoms with E-state index >= 15 is 0 Å². The lowest BCUT2D eigenvalue weighted by Crippen LogP contribution is -2.31. The number of nitrogens with one attached hydrogen (secondary N) is 1. The summed E-state index contributed by atoms with van der Waals surface area (Å²) in [5, 5.41) is 3.19. The van der Waals surface area contributed by atoms with Crippen molar-refractivity contribution in [1.29, 1.82) is 0 Å². The Morgan fingerprint density at radius 3 is 2.48 bits per heavy atom. The van der Waals surface area contributed by atoms with E-state index in [1.807, 2.05) is 37.3 Å². The summed E-state index contributed by atoms with van der Waals surface area (Å²) in [4.78, 5) is 22.9. The highest BCUT2D eigenvalue weighted by Gasteiger charge is 2.16. The Bertz CT molecular complexity index is 611. The fourth-order valence-corrected chi connectivity index (χ4v) is 2.13. The molecule has 0 spiro atoms. The smallest absolute Gasteiger partial charge is 0.274 e. The number of hydrogen-bond acceptors (Lipinski definition) is 4. The van der Waals surface area contributed by atoms with Crippen LogP contribution in [0.2, 0.25) is 0 Å². The number of carbonyl (C=O) groups excluding carboxylic acids is 1. The van der Waals surface area contributed by atoms with Crippen LogP contribution < -0.4 is 5.32 Å². The number of rotatable bonds is 7. The minimum atomic E-state index is -0.0979. The van der Waals surface area contributed by atoms with Crippen LogP contribution in [-0.2, 0) is 6.54 Å². The molecule has 1 aromatic heterocycles. The molecule has 1 amide bonds. The molecular weight excluding hydrogens is 288 g/mol. The summed E-state index contributed by atoms with van der Waals surface area (Å²) in [6, 6.07) is 9.95. The highest BCUT2D eigenvalue weighted by molar-refractivity contribution is 5.92. The molecule has 0 unspecified atom stereocenters. The molecule has 122 valence electrons. The van der Waals surface area contributed by atoms with Crippen LogP contribution in [0.25, 0.3) is 0 Å². The van der Waals surface area contributed by atoms with Crippen LogP contribution in [0.5, 0.6) is 0 Å². The van der Waals surface area contributed by atoms with Crippen LogP contribution in [0.1, 0.15) is 36.8 Å². The summed E-state index contributed by atoms with van der Waals surface area (Å²) >= 11 is 0. The van der Waals surface area contributed by atoms with Crippen molar-refractivity contribution >= 4 is 11.7 Å². The Labute approximate surface area is 137 Å². The second-order valence-corrected chi connectivity index (χ2v) is 5.87. The zero-order valence-corrected chi connectivity index (χ0v) is 14.0. The van der Waals surface area contributed by atoms with E-state index in [-0.39, 0.29) is 5.91 Å². The van der Waals surface area contributed by atoms with Gasteiger partial charge in [-0.15, -0.1) is 0 Å². The average Bonchev–Trinajstić information content (AvgIpc) is 2.58. The van der Waals surface area contributed by atoms with Crippen molar-refractivity contribution in [1.82, 2.24) is 14.9 Å². The third-order valence-corrected chi connectivity index (χ3v) is 3.45. The van der Waals surface area contributed by atoms with Crippen molar-refractivity contribution in [3.05, 3.63) is 54.0 Å². The zero-order chi connectivity index (χ0) is 16.7. The highest BCUT2D eigenvalue weighted by Crippen LogP contribution is 2.09. The SMILES string of the molecule is CCN(Cc1ccccc1)C(=O)c1cnc(NCC(C)C)cn1. The fraction of sp³-hybridized carbons (Fsp3) is 0.389. The van der Waals surface area contributed by atoms with E-state index in [2.05, 4.69) is 29.1 Å². The normalized spacial score (nSPS) is 10.6. The number of hydrogen-bond donors (Lipinski definition) is 1. The molecule has 1 aromatic carbocycles. The van der Waals surface area contributed by atoms with Crippen molar-refractivity contribution < 1.29 is 4.79 Å². The second kappa shape index (κ2) is 8.27. The first kappa shape index (κ1) is 16.9. The Morgan fingerprint density at radius 1 is 1.17 bits per heavy atom. The maximum Gasteiger partial charge on any atom is 0.274 e. The molecule has 0 aliphatic carbocycles. The Hall–Kier alpha value is -2.43. The van der Waals surface area contributed by atoms with Crippen molar-refractivity contribution in [3.63, 3.8) is 0 Å². The lowest BCUT2D eigenvalue weighted by molar-refractivity contribution is 0.0746. The van der Waals surface area contributed by atoms with Gasteiger partial charge in [0, 0.05) is 19.6 Å². The number of nitrogens with zero attached hydrogens (tertiary/aromatic N) is 3. The third-order valence-electron chi connectivity index (χ3n) is 3.45. The summed E-state index contributed by atoms with van der Waals surface area (Å²) < 4.78 is 0. The van der Waals surface area contributed by atoms with Gasteiger partial charge in [-0.05, 0) is 18.4 Å². The molecule has 2 aromatic rings. The Kier molecular flexibility index (Phi) is 6.09. The quantitative estimate of drug-likeness (QED) is 0.853. The van der Waals surface area contributed by atoms with Gasteiger partial charge in [0.2, 0.25) is 0 Å². The van der Waals surface area contributed by atoms with Crippen molar-refractivity contribution in [2.75, 3.05) is 18.4 Å². The van der Waals surface area contributed by atoms with Crippen LogP contribution in [0.4, 0.5) is 5.82 Å². The molecule has 23 heavy (non-hydrogen) atoms. The van der Waals surface area contributed by atoms with Crippen molar-refractivity contribution in [3.8, 4) is 0 Å². The van der Waals surface area contributed by atoms with Gasteiger partial charge in [-0.25, -0.2) is 9.97 Å². The standard InChI is InChI=1S/C18H24N4O/c1-4-22(13-15-8-6-5-7-9-15)18(23)16-11-21-17(12-19-16)20-10-14(2)3/h5-9,11-12,14H,4,10,13H2,1-3H3,(H,20,21). The summed E-state index contributed by atoms with van der Waals surface area (Å²) in [5.41, 5.74) is 1.48. The molecule has 0 atom stereocenters. The average molecular weight is 312 g/mol. The lowest BCUT2D eigenvalue weighted by atomic mass is 10.2. The number of anilines is 1. The van der Waals surface area contributed by atoms with E-state index in [0.717, 1.165) is 12.1 Å². The molecule has 5 heteroatoms. The molecular formula is C18H24N4O. The highest BCUT2D eigenvalue weighted by atomic mass is 16.2. The topological polar surface area (TPSA) is 58.1 Å². The van der Waals surface area contributed by atoms with Gasteiger partial charge in [-0.2, -0.15) is 0 Å². The summed E-state index contributed by atoms with van der Waals surface area (Å²) in [6.45, 7) is 8.25. The lowest BCUT2D eigenvalue weighted by Gasteiger charge is -2.20. The molecule has 5 nitrogen and oxygen atoms in total. The predicted molar refractivity (Wildman–Crippen MR) is 92.2 cm³/mol. The molecule has 0 bridgehead atoms. The predicted octanol–water partition coefficient (Wildman–Crippen LogP) is 3.21. The van der Waals surface area contributed by atoms with E-state index in [9.17, 15) is 4.79 Å². The monoisotopic (exact) mass is 312 g/mol. The summed E-state index contributed by atoms with van der Waals surface area (Å²) in [7, 11) is 0. The minimum absolute atomic E-state index is 0.0979. The van der Waals surface area contributed by atoms with Gasteiger partial charge in [-0.1, -0.05) is 44.2 Å². The van der Waals surface area contributed by atoms with Crippen LogP contribution in [-0.4, -0.2) is 33.9 Å². The molecule has 0 aliphatic rings. The first-order valence-corrected chi connectivity index (χ1v) is 7.99. The van der Waals surface area contributed by atoms with Crippen molar-refractivity contribution in [2.45, 2.75) is 27.3 Å². The number of benzene rings is 1. The van der Waals surface area contributed by atoms with Crippen LogP contribution in [0.15, 0.2) is 42.7 Å². The second-order valence-electron chi connectivity index (χ2n) is 5.87. The Balaban J connectivity index is 2.02. The van der Waals surface area contributed by atoms with Crippen LogP contribution in [0.3, 0.4) is 0 Å². The number of carbonyl (C=O) groups is 1. The van der Waals surface area contributed by atoms with E-state index in [0.29, 0.717) is 30.5 Å². The maximum atomic E-state index is 12.6. The third kappa shape index (κ3) is 5.06. The largest absolute Gasteiger partial charge is 0.369 e. The first-order chi connectivity index (χ1) is 11.1. The zero-order valence-electron chi connectivity index (χ0n) is 14.0. The van der Waals surface area contributed by atoms with Crippen LogP contribution >= 0.6 is 0 Å². The van der Waals surface area contributed by atoms with E-state index < -0.39 is 0 Å².